The third kappa shape index (κ3) is 8.73. The van der Waals surface area contributed by atoms with Gasteiger partial charge in [-0.2, -0.15) is 0 Å². The van der Waals surface area contributed by atoms with Gasteiger partial charge in [-0.25, -0.2) is 0 Å². The number of aromatic nitrogens is 2. The molecule has 45 heavy (non-hydrogen) atoms. The van der Waals surface area contributed by atoms with Crippen LogP contribution >= 0.6 is 0 Å². The third-order valence-corrected chi connectivity index (χ3v) is 13.9. The molecule has 1 heterocycles. The molecular formula is C39H53GeIrN2O2-. The van der Waals surface area contributed by atoms with Crippen molar-refractivity contribution in [2.24, 2.45) is 10.8 Å². The third-order valence-electron chi connectivity index (χ3n) is 9.63. The molecule has 0 saturated heterocycles. The Morgan fingerprint density at radius 3 is 2.02 bits per heavy atom. The minimum Gasteiger partial charge on any atom is 0 e. The number of benzene rings is 3. The van der Waals surface area contributed by atoms with Crippen LogP contribution in [-0.4, -0.2) is 34.1 Å². The second-order valence-corrected chi connectivity index (χ2v) is 24.5. The first-order valence-corrected chi connectivity index (χ1v) is 23.5. The number of carbonyl (C=O) groups is 1. The Hall–Kier alpha value is -2.34. The first-order chi connectivity index (χ1) is 20.5. The van der Waals surface area contributed by atoms with E-state index in [2.05, 4.69) is 79.6 Å². The summed E-state index contributed by atoms with van der Waals surface area (Å²) < 4.78 is 1.51. The van der Waals surface area contributed by atoms with Crippen LogP contribution in [0.25, 0.3) is 32.9 Å². The van der Waals surface area contributed by atoms with Crippen molar-refractivity contribution in [2.45, 2.75) is 105 Å². The zero-order chi connectivity index (χ0) is 33.0. The van der Waals surface area contributed by atoms with Crippen molar-refractivity contribution in [3.8, 4) is 11.3 Å². The molecule has 0 amide bonds. The molecule has 0 aliphatic heterocycles. The molecule has 4 nitrogen and oxygen atoms in total. The summed E-state index contributed by atoms with van der Waals surface area (Å²) in [7, 11) is 0. The minimum atomic E-state index is -2.06. The Morgan fingerprint density at radius 1 is 0.889 bits per heavy atom. The first kappa shape index (κ1) is 38.8. The van der Waals surface area contributed by atoms with Gasteiger partial charge in [0, 0.05) is 37.0 Å². The number of aliphatic hydroxyl groups excluding tert-OH is 1. The maximum Gasteiger partial charge on any atom is 0 e. The summed E-state index contributed by atoms with van der Waals surface area (Å²) in [5, 5.41) is 13.8. The van der Waals surface area contributed by atoms with Crippen molar-refractivity contribution >= 4 is 45.1 Å². The van der Waals surface area contributed by atoms with Crippen molar-refractivity contribution in [3.63, 3.8) is 0 Å². The van der Waals surface area contributed by atoms with Crippen molar-refractivity contribution in [1.82, 2.24) is 9.97 Å². The Labute approximate surface area is 288 Å². The Morgan fingerprint density at radius 2 is 1.49 bits per heavy atom. The van der Waals surface area contributed by atoms with Gasteiger partial charge in [-0.1, -0.05) is 41.5 Å². The van der Waals surface area contributed by atoms with E-state index in [1.807, 2.05) is 48.5 Å². The molecule has 0 bridgehead atoms. The second-order valence-electron chi connectivity index (χ2n) is 13.9. The Bertz CT molecular complexity index is 1660. The van der Waals surface area contributed by atoms with Gasteiger partial charge in [-0.15, -0.1) is 0 Å². The SMILES string of the molecule is CCC(C)(CC)C(=O)/C=C(\O)C(C)(CC)CC.Cc1[c-]c(-c2nc(C)nc3c2ccc2ccc[c]([Ge]([CH3])([CH3])[CH3])c23)cc(C)c1.[Ir]. The average Bonchev–Trinajstić information content (AvgIpc) is 2.98. The fraction of sp³-hybridized carbons (Fsp3) is 0.462. The number of aryl methyl sites for hydroxylation is 3. The van der Waals surface area contributed by atoms with Gasteiger partial charge in [0.15, 0.2) is 5.78 Å². The van der Waals surface area contributed by atoms with E-state index in [0.29, 0.717) is 0 Å². The van der Waals surface area contributed by atoms with E-state index in [-0.39, 0.29) is 42.5 Å². The molecule has 3 aromatic carbocycles. The smallest absolute Gasteiger partial charge is 0 e. The van der Waals surface area contributed by atoms with E-state index in [9.17, 15) is 9.90 Å². The second kappa shape index (κ2) is 15.5. The van der Waals surface area contributed by atoms with Crippen LogP contribution in [0.1, 0.15) is 84.2 Å². The molecule has 4 rings (SSSR count). The molecule has 1 aromatic heterocycles. The van der Waals surface area contributed by atoms with Crippen LogP contribution in [0.2, 0.25) is 17.3 Å². The molecule has 0 atom stereocenters. The number of allylic oxidation sites excluding steroid dienone is 2. The largest absolute Gasteiger partial charge is 0 e. The van der Waals surface area contributed by atoms with Crippen LogP contribution in [0.4, 0.5) is 0 Å². The summed E-state index contributed by atoms with van der Waals surface area (Å²) in [6, 6.07) is 18.9. The molecule has 0 spiro atoms. The molecule has 4 aromatic rings. The molecule has 0 aliphatic carbocycles. The maximum absolute atomic E-state index is 12.2. The molecule has 0 saturated carbocycles. The van der Waals surface area contributed by atoms with Gasteiger partial charge in [-0.05, 0) is 25.7 Å². The van der Waals surface area contributed by atoms with Gasteiger partial charge in [0.05, 0.1) is 0 Å². The maximum atomic E-state index is 12.2. The summed E-state index contributed by atoms with van der Waals surface area (Å²) >= 11 is -2.06. The monoisotopic (exact) mass is 848 g/mol. The van der Waals surface area contributed by atoms with Crippen LogP contribution in [-0.2, 0) is 24.9 Å². The Kier molecular flexibility index (Phi) is 13.4. The normalized spacial score (nSPS) is 12.5. The summed E-state index contributed by atoms with van der Waals surface area (Å²) in [5.41, 5.74) is 4.89. The van der Waals surface area contributed by atoms with E-state index < -0.39 is 13.3 Å². The van der Waals surface area contributed by atoms with Crippen LogP contribution in [0, 0.1) is 37.7 Å². The van der Waals surface area contributed by atoms with Crippen molar-refractivity contribution in [3.05, 3.63) is 77.3 Å². The van der Waals surface area contributed by atoms with Gasteiger partial charge in [0.25, 0.3) is 0 Å². The molecule has 0 unspecified atom stereocenters. The van der Waals surface area contributed by atoms with E-state index in [1.165, 1.54) is 26.8 Å². The summed E-state index contributed by atoms with van der Waals surface area (Å²) in [5.74, 6) is 8.43. The fourth-order valence-corrected chi connectivity index (χ4v) is 8.99. The summed E-state index contributed by atoms with van der Waals surface area (Å²) in [6.45, 7) is 18.3. The number of ketones is 1. The fourth-order valence-electron chi connectivity index (χ4n) is 5.61. The van der Waals surface area contributed by atoms with Crippen LogP contribution < -0.4 is 4.40 Å². The topological polar surface area (TPSA) is 63.1 Å². The van der Waals surface area contributed by atoms with Crippen molar-refractivity contribution < 1.29 is 30.0 Å². The van der Waals surface area contributed by atoms with Crippen LogP contribution in [0.3, 0.4) is 0 Å². The predicted molar refractivity (Wildman–Crippen MR) is 192 cm³/mol. The van der Waals surface area contributed by atoms with E-state index >= 15 is 0 Å². The number of nitrogens with zero attached hydrogens (tertiary/aromatic N) is 2. The molecule has 0 fully saturated rings. The number of fused-ring (bicyclic) bond motifs is 3. The van der Waals surface area contributed by atoms with Crippen LogP contribution in [0.5, 0.6) is 0 Å². The van der Waals surface area contributed by atoms with E-state index in [4.69, 9.17) is 9.97 Å². The summed E-state index contributed by atoms with van der Waals surface area (Å²) in [6.07, 6.45) is 4.75. The van der Waals surface area contributed by atoms with Gasteiger partial charge in [0.1, 0.15) is 5.76 Å². The van der Waals surface area contributed by atoms with E-state index in [0.717, 1.165) is 59.2 Å². The first-order valence-electron chi connectivity index (χ1n) is 16.2. The molecule has 245 valence electrons. The van der Waals surface area contributed by atoms with Gasteiger partial charge >= 0.3 is 164 Å². The van der Waals surface area contributed by atoms with Gasteiger partial charge in [-0.3, -0.25) is 4.79 Å². The molecule has 1 radical (unpaired) electrons. The van der Waals surface area contributed by atoms with Crippen molar-refractivity contribution in [2.75, 3.05) is 0 Å². The molecule has 6 heteroatoms. The zero-order valence-electron chi connectivity index (χ0n) is 29.5. The quantitative estimate of drug-likeness (QED) is 0.0599. The Balaban J connectivity index is 0.000000343. The summed E-state index contributed by atoms with van der Waals surface area (Å²) in [4.78, 5) is 21.9. The zero-order valence-corrected chi connectivity index (χ0v) is 34.0. The number of hydrogen-bond acceptors (Lipinski definition) is 4. The number of carbonyl (C=O) groups excluding carboxylic acids is 1. The van der Waals surface area contributed by atoms with E-state index in [1.54, 1.807) is 0 Å². The van der Waals surface area contributed by atoms with Crippen LogP contribution in [0.15, 0.2) is 54.3 Å². The standard InChI is InChI=1S/C24H25GeN2.C15H28O2.Ir/c1-15-12-16(2)14-19(13-15)23-20-11-10-18-8-7-9-21(25(4,5)6)22(18)24(20)27-17(3)26-23;1-7-14(5,8-2)12(16)11-13(17)15(6,9-3)10-4;/h7-13H,1-6H3;11,16H,7-10H2,1-6H3;/q-1;;/b;12-11-;. The number of rotatable bonds is 9. The van der Waals surface area contributed by atoms with Gasteiger partial charge in [0.2, 0.25) is 0 Å². The number of aliphatic hydroxyl groups is 1. The molecule has 1 N–H and O–H groups in total. The predicted octanol–water partition coefficient (Wildman–Crippen LogP) is 10.4. The van der Waals surface area contributed by atoms with Gasteiger partial charge < -0.3 is 5.11 Å². The molecular weight excluding hydrogens is 793 g/mol. The molecule has 0 aliphatic rings. The van der Waals surface area contributed by atoms with Crippen molar-refractivity contribution in [1.29, 1.82) is 0 Å². The average molecular weight is 847 g/mol. The minimum absolute atomic E-state index is 0. The number of hydrogen-bond donors (Lipinski definition) is 1.